The number of amides is 1. The van der Waals surface area contributed by atoms with Crippen LogP contribution >= 0.6 is 0 Å². The molecule has 1 heterocycles. The molecule has 0 saturated heterocycles. The number of nitrogens with one attached hydrogen (secondary N) is 1. The third-order valence-electron chi connectivity index (χ3n) is 7.84. The highest BCUT2D eigenvalue weighted by atomic mass is 16.5. The fraction of sp³-hybridized carbons (Fsp3) is 0.611. The van der Waals surface area contributed by atoms with Crippen LogP contribution in [0.25, 0.3) is 5.57 Å². The normalized spacial score (nSPS) is 11.4. The molecule has 0 aliphatic heterocycles. The topological polar surface area (TPSA) is 42.2 Å². The fourth-order valence-electron chi connectivity index (χ4n) is 5.19. The summed E-state index contributed by atoms with van der Waals surface area (Å²) in [6.45, 7) is 13.9. The molecular weight excluding hydrogens is 492 g/mol. The Kier molecular flexibility index (Phi) is 16.3. The molecule has 0 radical (unpaired) electrons. The van der Waals surface area contributed by atoms with Gasteiger partial charge in [-0.15, -0.1) is 0 Å². The zero-order valence-electron chi connectivity index (χ0n) is 26.1. The Morgan fingerprint density at radius 2 is 1.50 bits per heavy atom. The van der Waals surface area contributed by atoms with Gasteiger partial charge in [-0.1, -0.05) is 108 Å². The Morgan fingerprint density at radius 3 is 2.20 bits per heavy atom. The van der Waals surface area contributed by atoms with E-state index in [1.54, 1.807) is 0 Å². The minimum atomic E-state index is -0.503. The van der Waals surface area contributed by atoms with Crippen molar-refractivity contribution < 1.29 is 14.1 Å². The van der Waals surface area contributed by atoms with Crippen LogP contribution in [0, 0.1) is 0 Å². The number of aromatic nitrogens is 1. The van der Waals surface area contributed by atoms with Gasteiger partial charge in [0.1, 0.15) is 6.54 Å². The van der Waals surface area contributed by atoms with Crippen molar-refractivity contribution in [1.29, 1.82) is 0 Å². The maximum atomic E-state index is 12.4. The van der Waals surface area contributed by atoms with E-state index in [-0.39, 0.29) is 6.09 Å². The van der Waals surface area contributed by atoms with Crippen LogP contribution in [0.2, 0.25) is 0 Å². The molecule has 1 aromatic carbocycles. The van der Waals surface area contributed by atoms with E-state index < -0.39 is 5.54 Å². The summed E-state index contributed by atoms with van der Waals surface area (Å²) in [4.78, 5) is 12.4. The number of alkyl carbamates (subject to hydrolysis) is 1. The molecule has 1 amide bonds. The van der Waals surface area contributed by atoms with Crippen LogP contribution in [0.3, 0.4) is 0 Å². The lowest BCUT2D eigenvalue weighted by atomic mass is 9.92. The monoisotopic (exact) mass is 549 g/mol. The van der Waals surface area contributed by atoms with E-state index >= 15 is 0 Å². The van der Waals surface area contributed by atoms with E-state index in [0.29, 0.717) is 6.61 Å². The van der Waals surface area contributed by atoms with Crippen LogP contribution in [-0.2, 0) is 23.2 Å². The first-order chi connectivity index (χ1) is 19.3. The Morgan fingerprint density at radius 1 is 0.850 bits per heavy atom. The lowest BCUT2D eigenvalue weighted by Crippen LogP contribution is -2.41. The van der Waals surface area contributed by atoms with E-state index in [9.17, 15) is 4.79 Å². The Labute approximate surface area is 245 Å². The lowest BCUT2D eigenvalue weighted by molar-refractivity contribution is -0.704. The van der Waals surface area contributed by atoms with Crippen molar-refractivity contribution in [2.24, 2.45) is 0 Å². The number of pyridine rings is 1. The number of rotatable bonds is 21. The molecule has 0 unspecified atom stereocenters. The summed E-state index contributed by atoms with van der Waals surface area (Å²) in [6, 6.07) is 14.8. The van der Waals surface area contributed by atoms with E-state index in [2.05, 4.69) is 53.8 Å². The van der Waals surface area contributed by atoms with Crippen LogP contribution in [-0.4, -0.2) is 12.7 Å². The second-order valence-electron chi connectivity index (χ2n) is 12.0. The van der Waals surface area contributed by atoms with E-state index in [1.165, 1.54) is 89.2 Å². The molecule has 1 N–H and O–H groups in total. The largest absolute Gasteiger partial charge is 0.450 e. The Hall–Kier alpha value is -2.62. The molecule has 2 aromatic rings. The maximum Gasteiger partial charge on any atom is 0.407 e. The molecule has 0 aliphatic carbocycles. The molecule has 4 nitrogen and oxygen atoms in total. The Bertz CT molecular complexity index is 998. The van der Waals surface area contributed by atoms with Crippen LogP contribution in [0.1, 0.15) is 134 Å². The molecule has 2 rings (SSSR count). The first kappa shape index (κ1) is 33.6. The smallest absolute Gasteiger partial charge is 0.407 e. The predicted octanol–water partition coefficient (Wildman–Crippen LogP) is 9.69. The first-order valence-corrected chi connectivity index (χ1v) is 16.0. The Balaban J connectivity index is 1.50. The van der Waals surface area contributed by atoms with Gasteiger partial charge in [0.05, 0.1) is 12.1 Å². The van der Waals surface area contributed by atoms with Gasteiger partial charge >= 0.3 is 6.09 Å². The van der Waals surface area contributed by atoms with Crippen molar-refractivity contribution >= 4 is 11.7 Å². The molecular formula is C36H57N2O2+. The number of hydrogen-bond acceptors (Lipinski definition) is 2. The third kappa shape index (κ3) is 13.6. The van der Waals surface area contributed by atoms with Crippen LogP contribution in [0.4, 0.5) is 4.79 Å². The number of benzene rings is 1. The fourth-order valence-corrected chi connectivity index (χ4v) is 5.19. The molecule has 0 atom stereocenters. The van der Waals surface area contributed by atoms with Crippen molar-refractivity contribution in [2.45, 2.75) is 136 Å². The van der Waals surface area contributed by atoms with Crippen molar-refractivity contribution in [2.75, 3.05) is 6.61 Å². The molecule has 40 heavy (non-hydrogen) atoms. The van der Waals surface area contributed by atoms with Gasteiger partial charge in [-0.05, 0) is 57.2 Å². The molecule has 0 fully saturated rings. The molecule has 0 saturated carbocycles. The second-order valence-corrected chi connectivity index (χ2v) is 12.0. The zero-order valence-corrected chi connectivity index (χ0v) is 26.1. The predicted molar refractivity (Wildman–Crippen MR) is 169 cm³/mol. The van der Waals surface area contributed by atoms with Crippen molar-refractivity contribution in [3.05, 3.63) is 72.1 Å². The number of hydrogen-bond donors (Lipinski definition) is 1. The van der Waals surface area contributed by atoms with Gasteiger partial charge in [0.15, 0.2) is 11.9 Å². The van der Waals surface area contributed by atoms with Gasteiger partial charge in [0.2, 0.25) is 0 Å². The van der Waals surface area contributed by atoms with Crippen LogP contribution in [0.15, 0.2) is 55.2 Å². The third-order valence-corrected chi connectivity index (χ3v) is 7.84. The number of allylic oxidation sites excluding steroid dienone is 1. The summed E-state index contributed by atoms with van der Waals surface area (Å²) < 4.78 is 7.94. The molecule has 0 bridgehead atoms. The molecule has 4 heteroatoms. The number of carbonyl (C=O) groups excluding carboxylic acids is 1. The second kappa shape index (κ2) is 19.5. The summed E-state index contributed by atoms with van der Waals surface area (Å²) in [5.41, 5.74) is 4.13. The lowest BCUT2D eigenvalue weighted by Gasteiger charge is -2.27. The highest BCUT2D eigenvalue weighted by Gasteiger charge is 2.24. The number of aryl methyl sites for hydroxylation is 2. The number of ether oxygens (including phenoxy) is 1. The van der Waals surface area contributed by atoms with Gasteiger partial charge < -0.3 is 10.1 Å². The van der Waals surface area contributed by atoms with Gasteiger partial charge in [0, 0.05) is 25.0 Å². The zero-order chi connectivity index (χ0) is 29.1. The van der Waals surface area contributed by atoms with Gasteiger partial charge in [-0.2, -0.15) is 0 Å². The van der Waals surface area contributed by atoms with Gasteiger partial charge in [0.25, 0.3) is 0 Å². The SMILES string of the molecule is C=C(C)c1cccc(C(C)(C)NC(=O)OCCCCCCCCCC[n+]2ccccc2CCCCCCCC)c1. The van der Waals surface area contributed by atoms with Crippen molar-refractivity contribution in [3.63, 3.8) is 0 Å². The number of nitrogens with zero attached hydrogens (tertiary/aromatic N) is 1. The van der Waals surface area contributed by atoms with Gasteiger partial charge in [-0.25, -0.2) is 9.36 Å². The van der Waals surface area contributed by atoms with Crippen molar-refractivity contribution in [1.82, 2.24) is 5.32 Å². The first-order valence-electron chi connectivity index (χ1n) is 16.0. The van der Waals surface area contributed by atoms with Gasteiger partial charge in [-0.3, -0.25) is 0 Å². The molecule has 222 valence electrons. The maximum absolute atomic E-state index is 12.4. The minimum Gasteiger partial charge on any atom is -0.450 e. The van der Waals surface area contributed by atoms with Crippen LogP contribution < -0.4 is 9.88 Å². The van der Waals surface area contributed by atoms with E-state index in [4.69, 9.17) is 4.74 Å². The standard InChI is InChI=1S/C36H56N2O2/c1-6-7-8-9-14-17-25-34-26-18-20-28-38(34)27-19-15-12-10-11-13-16-21-29-40-35(39)37-36(4,5)33-24-22-23-32(30-33)31(2)3/h18,20,22-24,26,28,30H,2,6-17,19,21,25,27,29H2,1,3-5H3/p+1. The van der Waals surface area contributed by atoms with Crippen molar-refractivity contribution in [3.8, 4) is 0 Å². The number of unbranched alkanes of at least 4 members (excludes halogenated alkanes) is 12. The average molecular weight is 550 g/mol. The molecule has 0 spiro atoms. The quantitative estimate of drug-likeness (QED) is 0.124. The van der Waals surface area contributed by atoms with E-state index in [1.807, 2.05) is 39.0 Å². The minimum absolute atomic E-state index is 0.350. The summed E-state index contributed by atoms with van der Waals surface area (Å²) in [7, 11) is 0. The summed E-state index contributed by atoms with van der Waals surface area (Å²) >= 11 is 0. The highest BCUT2D eigenvalue weighted by molar-refractivity contribution is 5.69. The van der Waals surface area contributed by atoms with Crippen LogP contribution in [0.5, 0.6) is 0 Å². The molecule has 1 aromatic heterocycles. The molecule has 0 aliphatic rings. The average Bonchev–Trinajstić information content (AvgIpc) is 2.94. The highest BCUT2D eigenvalue weighted by Crippen LogP contribution is 2.23. The summed E-state index contributed by atoms with van der Waals surface area (Å²) in [5, 5.41) is 3.01. The summed E-state index contributed by atoms with van der Waals surface area (Å²) in [5.74, 6) is 0. The number of carbonyl (C=O) groups is 1. The van der Waals surface area contributed by atoms with E-state index in [0.717, 1.165) is 36.1 Å². The summed E-state index contributed by atoms with van der Waals surface area (Å²) in [6.07, 6.45) is 20.9.